The summed E-state index contributed by atoms with van der Waals surface area (Å²) in [5.41, 5.74) is 5.66. The summed E-state index contributed by atoms with van der Waals surface area (Å²) in [6.07, 6.45) is 2.55. The maximum absolute atomic E-state index is 13.3. The van der Waals surface area contributed by atoms with Crippen LogP contribution in [0.5, 0.6) is 0 Å². The van der Waals surface area contributed by atoms with Gasteiger partial charge in [0.2, 0.25) is 0 Å². The number of amides is 2. The average molecular weight is 555 g/mol. The first-order chi connectivity index (χ1) is 15.3. The predicted octanol–water partition coefficient (Wildman–Crippen LogP) is 5.09. The Bertz CT molecular complexity index is 1270. The maximum atomic E-state index is 13.3. The monoisotopic (exact) mass is 555 g/mol. The van der Waals surface area contributed by atoms with Crippen LogP contribution in [0.2, 0.25) is 0 Å². The maximum Gasteiger partial charge on any atom is 0.270 e. The van der Waals surface area contributed by atoms with E-state index in [1.807, 2.05) is 62.4 Å². The molecule has 0 saturated carbocycles. The molecule has 1 aliphatic heterocycles. The van der Waals surface area contributed by atoms with Gasteiger partial charge in [-0.3, -0.25) is 19.8 Å². The second-order valence-electron chi connectivity index (χ2n) is 7.62. The van der Waals surface area contributed by atoms with Crippen molar-refractivity contribution in [3.63, 3.8) is 0 Å². The Morgan fingerprint density at radius 1 is 1.03 bits per heavy atom. The van der Waals surface area contributed by atoms with E-state index in [2.05, 4.69) is 45.5 Å². The fourth-order valence-electron chi connectivity index (χ4n) is 3.87. The molecule has 0 atom stereocenters. The van der Waals surface area contributed by atoms with E-state index in [-0.39, 0.29) is 10.7 Å². The summed E-state index contributed by atoms with van der Waals surface area (Å²) in [6.45, 7) is 6.06. The van der Waals surface area contributed by atoms with Gasteiger partial charge in [0.15, 0.2) is 5.11 Å². The number of carbonyl (C=O) groups excluding carboxylic acids is 2. The molecule has 1 aromatic heterocycles. The summed E-state index contributed by atoms with van der Waals surface area (Å²) >= 11 is 7.60. The molecule has 0 unspecified atom stereocenters. The number of benzene rings is 2. The Morgan fingerprint density at radius 3 is 2.41 bits per heavy atom. The second kappa shape index (κ2) is 8.99. The normalized spacial score (nSPS) is 15.4. The van der Waals surface area contributed by atoms with Crippen LogP contribution in [-0.2, 0) is 16.0 Å². The average Bonchev–Trinajstić information content (AvgIpc) is 3.04. The van der Waals surface area contributed by atoms with Crippen LogP contribution >= 0.6 is 34.8 Å². The first-order valence-corrected chi connectivity index (χ1v) is 11.7. The van der Waals surface area contributed by atoms with Crippen LogP contribution in [0.1, 0.15) is 29.4 Å². The fourth-order valence-corrected chi connectivity index (χ4v) is 4.68. The van der Waals surface area contributed by atoms with E-state index in [1.165, 1.54) is 4.90 Å². The van der Waals surface area contributed by atoms with Gasteiger partial charge in [-0.2, -0.15) is 0 Å². The standard InChI is InChI=1S/C25H22IN3O2S/c1-4-17-8-10-20(11-9-17)29-24(31)22(23(30)27-25(29)32)13-18-12-15(2)28(16(18)3)21-7-5-6-19(26)14-21/h5-14H,4H2,1-3H3,(H,27,30,32)/b22-13+. The molecule has 0 bridgehead atoms. The summed E-state index contributed by atoms with van der Waals surface area (Å²) in [4.78, 5) is 27.4. The third-order valence-electron chi connectivity index (χ3n) is 5.54. The molecule has 1 fully saturated rings. The molecule has 162 valence electrons. The molecule has 5 nitrogen and oxygen atoms in total. The Morgan fingerprint density at radius 2 is 1.75 bits per heavy atom. The Labute approximate surface area is 206 Å². The molecule has 0 spiro atoms. The number of nitrogens with zero attached hydrogens (tertiary/aromatic N) is 2. The number of carbonyl (C=O) groups is 2. The largest absolute Gasteiger partial charge is 0.318 e. The van der Waals surface area contributed by atoms with Gasteiger partial charge < -0.3 is 4.57 Å². The van der Waals surface area contributed by atoms with E-state index < -0.39 is 11.8 Å². The molecule has 3 aromatic rings. The lowest BCUT2D eigenvalue weighted by atomic mass is 10.1. The topological polar surface area (TPSA) is 54.3 Å². The van der Waals surface area contributed by atoms with Crippen molar-refractivity contribution < 1.29 is 9.59 Å². The molecule has 1 aliphatic rings. The van der Waals surface area contributed by atoms with Crippen LogP contribution in [0.4, 0.5) is 5.69 Å². The van der Waals surface area contributed by atoms with E-state index in [0.29, 0.717) is 5.69 Å². The van der Waals surface area contributed by atoms with Gasteiger partial charge in [-0.25, -0.2) is 0 Å². The van der Waals surface area contributed by atoms with E-state index in [1.54, 1.807) is 6.08 Å². The van der Waals surface area contributed by atoms with Crippen molar-refractivity contribution in [3.8, 4) is 5.69 Å². The van der Waals surface area contributed by atoms with Crippen molar-refractivity contribution in [2.75, 3.05) is 4.90 Å². The molecule has 0 radical (unpaired) electrons. The van der Waals surface area contributed by atoms with Gasteiger partial charge in [0, 0.05) is 20.6 Å². The number of anilines is 1. The van der Waals surface area contributed by atoms with Crippen molar-refractivity contribution in [3.05, 3.63) is 86.3 Å². The minimum atomic E-state index is -0.486. The molecular weight excluding hydrogens is 533 g/mol. The number of thiocarbonyl (C=S) groups is 1. The van der Waals surface area contributed by atoms with Gasteiger partial charge in [0.1, 0.15) is 5.57 Å². The zero-order chi connectivity index (χ0) is 23.0. The summed E-state index contributed by atoms with van der Waals surface area (Å²) in [7, 11) is 0. The van der Waals surface area contributed by atoms with Crippen molar-refractivity contribution in [2.45, 2.75) is 27.2 Å². The van der Waals surface area contributed by atoms with Gasteiger partial charge in [-0.1, -0.05) is 25.1 Å². The highest BCUT2D eigenvalue weighted by Gasteiger charge is 2.34. The lowest BCUT2D eigenvalue weighted by Gasteiger charge is -2.29. The first kappa shape index (κ1) is 22.4. The zero-order valence-corrected chi connectivity index (χ0v) is 21.0. The number of aryl methyl sites for hydroxylation is 2. The molecule has 2 amide bonds. The number of aromatic nitrogens is 1. The van der Waals surface area contributed by atoms with E-state index in [0.717, 1.165) is 38.2 Å². The van der Waals surface area contributed by atoms with Gasteiger partial charge in [-0.05, 0) is 109 Å². The van der Waals surface area contributed by atoms with Crippen LogP contribution in [-0.4, -0.2) is 21.5 Å². The van der Waals surface area contributed by atoms with Gasteiger partial charge >= 0.3 is 0 Å². The zero-order valence-electron chi connectivity index (χ0n) is 18.0. The third-order valence-corrected chi connectivity index (χ3v) is 6.50. The number of halogens is 1. The fraction of sp³-hybridized carbons (Fsp3) is 0.160. The number of rotatable bonds is 4. The molecule has 2 heterocycles. The summed E-state index contributed by atoms with van der Waals surface area (Å²) in [5.74, 6) is -0.914. The molecule has 2 aromatic carbocycles. The van der Waals surface area contributed by atoms with E-state index in [4.69, 9.17) is 12.2 Å². The van der Waals surface area contributed by atoms with Crippen molar-refractivity contribution >= 4 is 63.5 Å². The Hall–Kier alpha value is -2.78. The highest BCUT2D eigenvalue weighted by atomic mass is 127. The van der Waals surface area contributed by atoms with Crippen LogP contribution in [0.15, 0.2) is 60.2 Å². The highest BCUT2D eigenvalue weighted by molar-refractivity contribution is 14.1. The quantitative estimate of drug-likeness (QED) is 0.211. The second-order valence-corrected chi connectivity index (χ2v) is 9.25. The van der Waals surface area contributed by atoms with Crippen molar-refractivity contribution in [1.29, 1.82) is 0 Å². The summed E-state index contributed by atoms with van der Waals surface area (Å²) in [5, 5.41) is 2.75. The minimum absolute atomic E-state index is 0.0565. The van der Waals surface area contributed by atoms with Gasteiger partial charge in [-0.15, -0.1) is 0 Å². The smallest absolute Gasteiger partial charge is 0.270 e. The van der Waals surface area contributed by atoms with E-state index in [9.17, 15) is 9.59 Å². The molecule has 0 aliphatic carbocycles. The number of hydrogen-bond donors (Lipinski definition) is 1. The van der Waals surface area contributed by atoms with Crippen LogP contribution < -0.4 is 10.2 Å². The first-order valence-electron chi connectivity index (χ1n) is 10.3. The van der Waals surface area contributed by atoms with Gasteiger partial charge in [0.05, 0.1) is 5.69 Å². The molecule has 7 heteroatoms. The van der Waals surface area contributed by atoms with E-state index >= 15 is 0 Å². The predicted molar refractivity (Wildman–Crippen MR) is 140 cm³/mol. The lowest BCUT2D eigenvalue weighted by Crippen LogP contribution is -2.54. The Kier molecular flexibility index (Phi) is 6.30. The lowest BCUT2D eigenvalue weighted by molar-refractivity contribution is -0.122. The summed E-state index contributed by atoms with van der Waals surface area (Å²) in [6, 6.07) is 17.8. The Balaban J connectivity index is 1.74. The third kappa shape index (κ3) is 4.14. The molecule has 32 heavy (non-hydrogen) atoms. The van der Waals surface area contributed by atoms with Crippen molar-refractivity contribution in [1.82, 2.24) is 9.88 Å². The molecule has 4 rings (SSSR count). The van der Waals surface area contributed by atoms with Crippen LogP contribution in [0.3, 0.4) is 0 Å². The number of hydrogen-bond acceptors (Lipinski definition) is 3. The van der Waals surface area contributed by atoms with Crippen LogP contribution in [0, 0.1) is 17.4 Å². The minimum Gasteiger partial charge on any atom is -0.318 e. The van der Waals surface area contributed by atoms with Crippen molar-refractivity contribution in [2.24, 2.45) is 0 Å². The molecule has 1 N–H and O–H groups in total. The SMILES string of the molecule is CCc1ccc(N2C(=O)/C(=C/c3cc(C)n(-c4cccc(I)c4)c3C)C(=O)NC2=S)cc1. The summed E-state index contributed by atoms with van der Waals surface area (Å²) < 4.78 is 3.25. The molecular formula is C25H22IN3O2S. The van der Waals surface area contributed by atoms with Gasteiger partial charge in [0.25, 0.3) is 11.8 Å². The number of nitrogens with one attached hydrogen (secondary N) is 1. The van der Waals surface area contributed by atoms with Crippen LogP contribution in [0.25, 0.3) is 11.8 Å². The highest BCUT2D eigenvalue weighted by Crippen LogP contribution is 2.27. The molecule has 1 saturated heterocycles.